The van der Waals surface area contributed by atoms with Crippen molar-refractivity contribution in [1.82, 2.24) is 0 Å². The molecule has 0 fully saturated rings. The number of ether oxygens (including phenoxy) is 2. The molecule has 2 amide bonds. The lowest BCUT2D eigenvalue weighted by atomic mass is 10.0. The highest BCUT2D eigenvalue weighted by atomic mass is 16.6. The number of nitrogens with zero attached hydrogens (tertiary/aromatic N) is 2. The van der Waals surface area contributed by atoms with Gasteiger partial charge in [-0.1, -0.05) is 103 Å². The van der Waals surface area contributed by atoms with Crippen LogP contribution in [0.2, 0.25) is 0 Å². The number of amides is 2. The lowest BCUT2D eigenvalue weighted by Crippen LogP contribution is -2.30. The van der Waals surface area contributed by atoms with Gasteiger partial charge in [-0.25, -0.2) is 19.4 Å². The first-order valence-corrected chi connectivity index (χ1v) is 14.6. The molecular formula is C39H28N2O5. The zero-order chi connectivity index (χ0) is 31.7. The molecule has 0 saturated heterocycles. The van der Waals surface area contributed by atoms with Crippen LogP contribution in [0, 0.1) is 0 Å². The van der Waals surface area contributed by atoms with E-state index in [0.717, 1.165) is 0 Å². The lowest BCUT2D eigenvalue weighted by molar-refractivity contribution is 0.103. The van der Waals surface area contributed by atoms with Gasteiger partial charge < -0.3 is 9.47 Å². The molecule has 0 N–H and O–H groups in total. The Kier molecular flexibility index (Phi) is 8.93. The zero-order valence-electron chi connectivity index (χ0n) is 24.6. The molecule has 0 aliphatic heterocycles. The van der Waals surface area contributed by atoms with Crippen molar-refractivity contribution in [3.8, 4) is 11.5 Å². The van der Waals surface area contributed by atoms with Crippen LogP contribution in [-0.4, -0.2) is 18.0 Å². The van der Waals surface area contributed by atoms with Gasteiger partial charge in [-0.2, -0.15) is 0 Å². The molecule has 0 atom stereocenters. The standard InChI is InChI=1S/C39H28N2O5/c42-37(29-16-6-1-7-17-29)35-27-26-34(45-38(43)40(30-18-8-2-9-19-30)31-20-10-3-11-21-31)28-36(35)46-39(44)41(32-22-12-4-13-23-32)33-24-14-5-15-25-33/h1-28H. The normalized spacial score (nSPS) is 10.4. The second-order valence-electron chi connectivity index (χ2n) is 10.1. The maximum atomic E-state index is 13.9. The molecule has 0 aromatic heterocycles. The van der Waals surface area contributed by atoms with Gasteiger partial charge in [0.15, 0.2) is 5.78 Å². The van der Waals surface area contributed by atoms with Crippen molar-refractivity contribution in [2.75, 3.05) is 9.80 Å². The molecule has 0 spiro atoms. The fraction of sp³-hybridized carbons (Fsp3) is 0. The smallest absolute Gasteiger partial charge is 0.410 e. The van der Waals surface area contributed by atoms with Gasteiger partial charge in [0.05, 0.1) is 28.3 Å². The van der Waals surface area contributed by atoms with Gasteiger partial charge in [0, 0.05) is 11.6 Å². The second kappa shape index (κ2) is 13.9. The van der Waals surface area contributed by atoms with Crippen LogP contribution in [0.5, 0.6) is 11.5 Å². The molecule has 0 radical (unpaired) electrons. The van der Waals surface area contributed by atoms with E-state index in [1.54, 1.807) is 72.8 Å². The SMILES string of the molecule is O=C(c1ccccc1)c1ccc(OC(=O)N(c2ccccc2)c2ccccc2)cc1OC(=O)N(c1ccccc1)c1ccccc1. The molecular weight excluding hydrogens is 576 g/mol. The number of hydrogen-bond donors (Lipinski definition) is 0. The number of carbonyl (C=O) groups is 3. The molecule has 6 aromatic carbocycles. The molecule has 7 nitrogen and oxygen atoms in total. The van der Waals surface area contributed by atoms with Gasteiger partial charge in [0.25, 0.3) is 0 Å². The summed E-state index contributed by atoms with van der Waals surface area (Å²) in [6, 6.07) is 49.3. The molecule has 0 bridgehead atoms. The Bertz CT molecular complexity index is 1860. The van der Waals surface area contributed by atoms with Crippen molar-refractivity contribution >= 4 is 40.7 Å². The molecule has 0 aliphatic rings. The van der Waals surface area contributed by atoms with Crippen LogP contribution >= 0.6 is 0 Å². The summed E-state index contributed by atoms with van der Waals surface area (Å²) in [5, 5.41) is 0. The number of ketones is 1. The molecule has 0 saturated carbocycles. The summed E-state index contributed by atoms with van der Waals surface area (Å²) >= 11 is 0. The van der Waals surface area contributed by atoms with E-state index in [4.69, 9.17) is 9.47 Å². The maximum absolute atomic E-state index is 13.9. The van der Waals surface area contributed by atoms with Gasteiger partial charge in [-0.3, -0.25) is 4.79 Å². The monoisotopic (exact) mass is 604 g/mol. The fourth-order valence-corrected chi connectivity index (χ4v) is 4.90. The first kappa shape index (κ1) is 29.6. The van der Waals surface area contributed by atoms with E-state index >= 15 is 0 Å². The number of anilines is 4. The van der Waals surface area contributed by atoms with E-state index in [9.17, 15) is 14.4 Å². The number of rotatable bonds is 8. The van der Waals surface area contributed by atoms with Crippen molar-refractivity contribution in [2.45, 2.75) is 0 Å². The van der Waals surface area contributed by atoms with Gasteiger partial charge >= 0.3 is 12.2 Å². The largest absolute Gasteiger partial charge is 0.424 e. The molecule has 0 unspecified atom stereocenters. The molecule has 7 heteroatoms. The van der Waals surface area contributed by atoms with E-state index in [2.05, 4.69) is 0 Å². The minimum atomic E-state index is -0.752. The van der Waals surface area contributed by atoms with E-state index in [-0.39, 0.29) is 22.8 Å². The number of benzene rings is 6. The molecule has 46 heavy (non-hydrogen) atoms. The molecule has 0 aliphatic carbocycles. The van der Waals surface area contributed by atoms with Crippen molar-refractivity contribution < 1.29 is 23.9 Å². The first-order chi connectivity index (χ1) is 22.6. The highest BCUT2D eigenvalue weighted by Gasteiger charge is 2.26. The average Bonchev–Trinajstić information content (AvgIpc) is 3.11. The Morgan fingerprint density at radius 3 is 1.20 bits per heavy atom. The highest BCUT2D eigenvalue weighted by Crippen LogP contribution is 2.33. The van der Waals surface area contributed by atoms with Crippen LogP contribution in [0.4, 0.5) is 32.3 Å². The molecule has 0 heterocycles. The van der Waals surface area contributed by atoms with Crippen molar-refractivity contribution in [2.24, 2.45) is 0 Å². The lowest BCUT2D eigenvalue weighted by Gasteiger charge is -2.24. The second-order valence-corrected chi connectivity index (χ2v) is 10.1. The first-order valence-electron chi connectivity index (χ1n) is 14.6. The van der Waals surface area contributed by atoms with Crippen LogP contribution in [0.3, 0.4) is 0 Å². The molecule has 6 aromatic rings. The molecule has 224 valence electrons. The van der Waals surface area contributed by atoms with Crippen molar-refractivity contribution in [3.05, 3.63) is 181 Å². The van der Waals surface area contributed by atoms with Gasteiger partial charge in [0.1, 0.15) is 11.5 Å². The summed E-state index contributed by atoms with van der Waals surface area (Å²) in [5.74, 6) is -0.338. The van der Waals surface area contributed by atoms with E-state index in [1.807, 2.05) is 78.9 Å². The quantitative estimate of drug-likeness (QED) is 0.162. The minimum absolute atomic E-state index is 0.0630. The van der Waals surface area contributed by atoms with Crippen molar-refractivity contribution in [1.29, 1.82) is 0 Å². The van der Waals surface area contributed by atoms with Crippen LogP contribution < -0.4 is 19.3 Å². The fourth-order valence-electron chi connectivity index (χ4n) is 4.90. The third-order valence-corrected chi connectivity index (χ3v) is 7.06. The Labute approximate surface area is 266 Å². The summed E-state index contributed by atoms with van der Waals surface area (Å²) in [4.78, 5) is 44.1. The number of para-hydroxylation sites is 4. The Hall–Kier alpha value is -6.47. The van der Waals surface area contributed by atoms with Gasteiger partial charge in [-0.05, 0) is 60.7 Å². The van der Waals surface area contributed by atoms with Crippen LogP contribution in [0.25, 0.3) is 0 Å². The van der Waals surface area contributed by atoms with Crippen LogP contribution in [0.1, 0.15) is 15.9 Å². The highest BCUT2D eigenvalue weighted by molar-refractivity contribution is 6.11. The average molecular weight is 605 g/mol. The Balaban J connectivity index is 1.37. The predicted molar refractivity (Wildman–Crippen MR) is 178 cm³/mol. The van der Waals surface area contributed by atoms with Crippen molar-refractivity contribution in [3.63, 3.8) is 0 Å². The van der Waals surface area contributed by atoms with Crippen LogP contribution in [-0.2, 0) is 0 Å². The number of carbonyl (C=O) groups excluding carboxylic acids is 3. The number of hydrogen-bond acceptors (Lipinski definition) is 5. The third kappa shape index (κ3) is 6.69. The predicted octanol–water partition coefficient (Wildman–Crippen LogP) is 9.59. The minimum Gasteiger partial charge on any atom is -0.410 e. The van der Waals surface area contributed by atoms with E-state index in [0.29, 0.717) is 28.3 Å². The zero-order valence-corrected chi connectivity index (χ0v) is 24.6. The molecule has 6 rings (SSSR count). The Morgan fingerprint density at radius 1 is 0.413 bits per heavy atom. The third-order valence-electron chi connectivity index (χ3n) is 7.06. The maximum Gasteiger partial charge on any atom is 0.424 e. The summed E-state index contributed by atoms with van der Waals surface area (Å²) in [6.45, 7) is 0. The summed E-state index contributed by atoms with van der Waals surface area (Å²) in [7, 11) is 0. The van der Waals surface area contributed by atoms with Gasteiger partial charge in [-0.15, -0.1) is 0 Å². The summed E-state index contributed by atoms with van der Waals surface area (Å²) in [6.07, 6.45) is -1.44. The Morgan fingerprint density at radius 2 is 0.783 bits per heavy atom. The van der Waals surface area contributed by atoms with Crippen LogP contribution in [0.15, 0.2) is 170 Å². The van der Waals surface area contributed by atoms with Gasteiger partial charge in [0.2, 0.25) is 0 Å². The van der Waals surface area contributed by atoms with E-state index in [1.165, 1.54) is 28.0 Å². The topological polar surface area (TPSA) is 76.1 Å². The summed E-state index contributed by atoms with van der Waals surface area (Å²) in [5.41, 5.74) is 2.87. The summed E-state index contributed by atoms with van der Waals surface area (Å²) < 4.78 is 11.8. The van der Waals surface area contributed by atoms with E-state index < -0.39 is 12.2 Å².